The highest BCUT2D eigenvalue weighted by atomic mass is 32.2. The first-order chi connectivity index (χ1) is 10.4. The number of aryl methyl sites for hydroxylation is 2. The normalized spacial score (nSPS) is 10.7. The van der Waals surface area contributed by atoms with Crippen LogP contribution in [0.2, 0.25) is 0 Å². The Kier molecular flexibility index (Phi) is 5.04. The van der Waals surface area contributed by atoms with Crippen LogP contribution >= 0.6 is 11.8 Å². The van der Waals surface area contributed by atoms with Crippen molar-refractivity contribution in [2.75, 3.05) is 0 Å². The molecule has 0 spiro atoms. The predicted octanol–water partition coefficient (Wildman–Crippen LogP) is 4.35. The molecule has 1 heterocycles. The highest BCUT2D eigenvalue weighted by Gasteiger charge is 2.15. The summed E-state index contributed by atoms with van der Waals surface area (Å²) in [6, 6.07) is 6.34. The molecule has 0 atom stereocenters. The van der Waals surface area contributed by atoms with E-state index in [0.717, 1.165) is 5.75 Å². The maximum atomic E-state index is 12.0. The maximum Gasteiger partial charge on any atom is 0.271 e. The van der Waals surface area contributed by atoms with Gasteiger partial charge in [0.1, 0.15) is 0 Å². The number of hydrogen-bond donors (Lipinski definition) is 1. The number of H-pyrrole nitrogens is 1. The average molecular weight is 313 g/mol. The molecule has 0 unspecified atom stereocenters. The van der Waals surface area contributed by atoms with Crippen LogP contribution in [-0.2, 0) is 5.75 Å². The van der Waals surface area contributed by atoms with E-state index in [1.807, 2.05) is 13.8 Å². The summed E-state index contributed by atoms with van der Waals surface area (Å²) >= 11 is 1.49. The van der Waals surface area contributed by atoms with Gasteiger partial charge in [0.2, 0.25) is 0 Å². The van der Waals surface area contributed by atoms with Crippen LogP contribution in [0.25, 0.3) is 4.85 Å². The zero-order chi connectivity index (χ0) is 16.3. The van der Waals surface area contributed by atoms with Crippen molar-refractivity contribution < 1.29 is 0 Å². The summed E-state index contributed by atoms with van der Waals surface area (Å²) in [6.45, 7) is 15.2. The van der Waals surface area contributed by atoms with Gasteiger partial charge in [0, 0.05) is 5.75 Å². The minimum Gasteiger partial charge on any atom is -0.311 e. The lowest BCUT2D eigenvalue weighted by Crippen LogP contribution is -2.12. The summed E-state index contributed by atoms with van der Waals surface area (Å²) in [5.74, 6) is 0.789. The first kappa shape index (κ1) is 16.3. The van der Waals surface area contributed by atoms with E-state index in [1.54, 1.807) is 0 Å². The van der Waals surface area contributed by atoms with E-state index in [2.05, 4.69) is 46.9 Å². The van der Waals surface area contributed by atoms with Crippen LogP contribution in [0.15, 0.2) is 28.2 Å². The molecule has 0 bridgehead atoms. The molecule has 5 heteroatoms. The average Bonchev–Trinajstić information content (AvgIpc) is 2.47. The number of aromatic nitrogens is 2. The molecule has 0 saturated carbocycles. The van der Waals surface area contributed by atoms with Crippen LogP contribution in [0, 0.1) is 20.4 Å². The van der Waals surface area contributed by atoms with Crippen molar-refractivity contribution >= 4 is 17.4 Å². The largest absolute Gasteiger partial charge is 0.311 e. The number of thioether (sulfide) groups is 1. The zero-order valence-electron chi connectivity index (χ0n) is 13.2. The van der Waals surface area contributed by atoms with Crippen molar-refractivity contribution in [1.82, 2.24) is 9.97 Å². The van der Waals surface area contributed by atoms with E-state index < -0.39 is 0 Å². The van der Waals surface area contributed by atoms with Crippen LogP contribution < -0.4 is 5.56 Å². The summed E-state index contributed by atoms with van der Waals surface area (Å²) < 4.78 is 0. The SMILES string of the molecule is [C-]#[N+]c1c(C(C)C)nc(SCc2cc(C)ccc2C)[nH]c1=O. The Morgan fingerprint density at radius 1 is 1.36 bits per heavy atom. The molecule has 4 nitrogen and oxygen atoms in total. The van der Waals surface area contributed by atoms with Gasteiger partial charge in [0.25, 0.3) is 11.2 Å². The lowest BCUT2D eigenvalue weighted by atomic mass is 10.1. The van der Waals surface area contributed by atoms with Gasteiger partial charge in [-0.25, -0.2) is 9.83 Å². The number of hydrogen-bond acceptors (Lipinski definition) is 3. The van der Waals surface area contributed by atoms with Crippen LogP contribution in [0.3, 0.4) is 0 Å². The van der Waals surface area contributed by atoms with Gasteiger partial charge in [-0.1, -0.05) is 49.4 Å². The van der Waals surface area contributed by atoms with Crippen LogP contribution in [-0.4, -0.2) is 9.97 Å². The van der Waals surface area contributed by atoms with Crippen LogP contribution in [0.5, 0.6) is 0 Å². The van der Waals surface area contributed by atoms with Crippen molar-refractivity contribution in [2.24, 2.45) is 0 Å². The molecule has 2 rings (SSSR count). The Hall–Kier alpha value is -2.06. The Balaban J connectivity index is 2.29. The van der Waals surface area contributed by atoms with Gasteiger partial charge in [-0.2, -0.15) is 0 Å². The number of benzene rings is 1. The van der Waals surface area contributed by atoms with E-state index in [9.17, 15) is 4.79 Å². The Morgan fingerprint density at radius 2 is 2.09 bits per heavy atom. The summed E-state index contributed by atoms with van der Waals surface area (Å²) in [5.41, 5.74) is 4.00. The second kappa shape index (κ2) is 6.80. The quantitative estimate of drug-likeness (QED) is 0.518. The molecule has 0 aliphatic heterocycles. The van der Waals surface area contributed by atoms with Gasteiger partial charge in [-0.05, 0) is 30.9 Å². The Bertz CT molecular complexity index is 787. The van der Waals surface area contributed by atoms with Crippen molar-refractivity contribution in [2.45, 2.75) is 44.5 Å². The van der Waals surface area contributed by atoms with Crippen molar-refractivity contribution in [3.63, 3.8) is 0 Å². The predicted molar refractivity (Wildman–Crippen MR) is 90.7 cm³/mol. The molecular weight excluding hydrogens is 294 g/mol. The second-order valence-corrected chi connectivity index (χ2v) is 6.55. The first-order valence-electron chi connectivity index (χ1n) is 7.13. The minimum absolute atomic E-state index is 0.0476. The fourth-order valence-electron chi connectivity index (χ4n) is 2.14. The molecular formula is C17H19N3OS. The number of rotatable bonds is 4. The molecule has 0 saturated heterocycles. The van der Waals surface area contributed by atoms with Gasteiger partial charge >= 0.3 is 0 Å². The van der Waals surface area contributed by atoms with Gasteiger partial charge in [-0.15, -0.1) is 0 Å². The molecule has 114 valence electrons. The van der Waals surface area contributed by atoms with Crippen molar-refractivity contribution in [3.05, 3.63) is 62.4 Å². The fourth-order valence-corrected chi connectivity index (χ4v) is 3.07. The molecule has 22 heavy (non-hydrogen) atoms. The van der Waals surface area contributed by atoms with Crippen molar-refractivity contribution in [3.8, 4) is 0 Å². The van der Waals surface area contributed by atoms with E-state index >= 15 is 0 Å². The fraction of sp³-hybridized carbons (Fsp3) is 0.353. The van der Waals surface area contributed by atoms with E-state index in [0.29, 0.717) is 10.9 Å². The highest BCUT2D eigenvalue weighted by Crippen LogP contribution is 2.26. The summed E-state index contributed by atoms with van der Waals surface area (Å²) in [7, 11) is 0. The molecule has 2 aromatic rings. The molecule has 1 aromatic carbocycles. The van der Waals surface area contributed by atoms with Gasteiger partial charge < -0.3 is 4.98 Å². The van der Waals surface area contributed by atoms with E-state index in [1.165, 1.54) is 28.5 Å². The van der Waals surface area contributed by atoms with Crippen molar-refractivity contribution in [1.29, 1.82) is 0 Å². The standard InChI is InChI=1S/C17H19N3OS/c1-10(2)14-15(18-5)16(21)20-17(19-14)22-9-13-8-11(3)6-7-12(13)4/h6-8,10H,9H2,1-4H3,(H,19,20,21). The lowest BCUT2D eigenvalue weighted by molar-refractivity contribution is 0.777. The van der Waals surface area contributed by atoms with Gasteiger partial charge in [0.15, 0.2) is 5.16 Å². The first-order valence-corrected chi connectivity index (χ1v) is 8.11. The third-order valence-electron chi connectivity index (χ3n) is 3.43. The lowest BCUT2D eigenvalue weighted by Gasteiger charge is -2.10. The third-order valence-corrected chi connectivity index (χ3v) is 4.35. The van der Waals surface area contributed by atoms with E-state index in [-0.39, 0.29) is 17.2 Å². The molecule has 0 amide bonds. The molecule has 0 fully saturated rings. The Labute approximate surface area is 134 Å². The minimum atomic E-state index is -0.350. The summed E-state index contributed by atoms with van der Waals surface area (Å²) in [4.78, 5) is 22.5. The number of nitrogens with zero attached hydrogens (tertiary/aromatic N) is 2. The Morgan fingerprint density at radius 3 is 2.73 bits per heavy atom. The smallest absolute Gasteiger partial charge is 0.271 e. The second-order valence-electron chi connectivity index (χ2n) is 5.59. The highest BCUT2D eigenvalue weighted by molar-refractivity contribution is 7.98. The molecule has 1 N–H and O–H groups in total. The molecule has 0 radical (unpaired) electrons. The zero-order valence-corrected chi connectivity index (χ0v) is 14.0. The van der Waals surface area contributed by atoms with Gasteiger partial charge in [-0.3, -0.25) is 4.79 Å². The maximum absolute atomic E-state index is 12.0. The monoisotopic (exact) mass is 313 g/mol. The molecule has 0 aliphatic carbocycles. The number of nitrogens with one attached hydrogen (secondary N) is 1. The third kappa shape index (κ3) is 3.58. The molecule has 0 aliphatic rings. The molecule has 1 aromatic heterocycles. The van der Waals surface area contributed by atoms with E-state index in [4.69, 9.17) is 6.57 Å². The summed E-state index contributed by atoms with van der Waals surface area (Å²) in [5, 5.41) is 0.571. The van der Waals surface area contributed by atoms with Crippen LogP contribution in [0.1, 0.15) is 42.1 Å². The number of aromatic amines is 1. The van der Waals surface area contributed by atoms with Gasteiger partial charge in [0.05, 0.1) is 12.3 Å². The topological polar surface area (TPSA) is 50.1 Å². The summed E-state index contributed by atoms with van der Waals surface area (Å²) in [6.07, 6.45) is 0. The van der Waals surface area contributed by atoms with Crippen LogP contribution in [0.4, 0.5) is 5.69 Å².